The fraction of sp³-hybridized carbons (Fsp3) is 0.632. The molecule has 0 aromatic carbocycles. The maximum Gasteiger partial charge on any atom is 0.252 e. The lowest BCUT2D eigenvalue weighted by Crippen LogP contribution is -2.38. The number of carbonyl (C=O) groups excluding carboxylic acids is 1. The Morgan fingerprint density at radius 3 is 2.64 bits per heavy atom. The third-order valence-corrected chi connectivity index (χ3v) is 5.32. The zero-order valence-electron chi connectivity index (χ0n) is 15.6. The third kappa shape index (κ3) is 3.27. The van der Waals surface area contributed by atoms with Crippen LogP contribution in [0.3, 0.4) is 0 Å². The fourth-order valence-electron chi connectivity index (χ4n) is 3.86. The number of hydrogen-bond acceptors (Lipinski definition) is 4. The van der Waals surface area contributed by atoms with Crippen LogP contribution in [0.25, 0.3) is 11.0 Å². The lowest BCUT2D eigenvalue weighted by atomic mass is 9.87. The average molecular weight is 344 g/mol. The minimum Gasteiger partial charge on any atom is -0.396 e. The predicted octanol–water partition coefficient (Wildman–Crippen LogP) is 2.91. The summed E-state index contributed by atoms with van der Waals surface area (Å²) < 4.78 is 1.88. The minimum atomic E-state index is -0.159. The molecule has 0 atom stereocenters. The van der Waals surface area contributed by atoms with Gasteiger partial charge in [-0.3, -0.25) is 4.79 Å². The van der Waals surface area contributed by atoms with E-state index in [0.29, 0.717) is 12.1 Å². The van der Waals surface area contributed by atoms with Gasteiger partial charge in [-0.1, -0.05) is 12.8 Å². The molecule has 3 rings (SSSR count). The smallest absolute Gasteiger partial charge is 0.252 e. The molecule has 0 bridgehead atoms. The Balaban J connectivity index is 1.93. The molecule has 6 nitrogen and oxygen atoms in total. The third-order valence-electron chi connectivity index (χ3n) is 5.32. The number of rotatable bonds is 5. The number of aromatic nitrogens is 3. The van der Waals surface area contributed by atoms with Crippen LogP contribution in [0.4, 0.5) is 0 Å². The first-order chi connectivity index (χ1) is 11.9. The summed E-state index contributed by atoms with van der Waals surface area (Å²) in [4.78, 5) is 17.5. The van der Waals surface area contributed by atoms with Crippen molar-refractivity contribution in [3.8, 4) is 0 Å². The first-order valence-corrected chi connectivity index (χ1v) is 9.12. The molecule has 6 heteroatoms. The Morgan fingerprint density at radius 1 is 1.36 bits per heavy atom. The molecule has 1 aliphatic rings. The van der Waals surface area contributed by atoms with E-state index in [-0.39, 0.29) is 24.0 Å². The summed E-state index contributed by atoms with van der Waals surface area (Å²) >= 11 is 0. The topological polar surface area (TPSA) is 80.0 Å². The van der Waals surface area contributed by atoms with Gasteiger partial charge < -0.3 is 10.4 Å². The summed E-state index contributed by atoms with van der Waals surface area (Å²) in [6.07, 6.45) is 4.18. The average Bonchev–Trinajstić information content (AvgIpc) is 3.17. The first kappa shape index (κ1) is 17.9. The SMILES string of the molecule is Cc1cc(C(=O)NCC2(CO)CCCC2)c2c(C)nn(C(C)C)c2n1. The number of carbonyl (C=O) groups is 1. The second kappa shape index (κ2) is 6.75. The van der Waals surface area contributed by atoms with Gasteiger partial charge in [-0.2, -0.15) is 5.10 Å². The molecule has 2 N–H and O–H groups in total. The summed E-state index contributed by atoms with van der Waals surface area (Å²) in [5, 5.41) is 18.2. The number of nitrogens with one attached hydrogen (secondary N) is 1. The lowest BCUT2D eigenvalue weighted by Gasteiger charge is -2.26. The molecule has 2 heterocycles. The van der Waals surface area contributed by atoms with Gasteiger partial charge in [-0.25, -0.2) is 9.67 Å². The van der Waals surface area contributed by atoms with E-state index in [4.69, 9.17) is 0 Å². The standard InChI is InChI=1S/C19H28N4O2/c1-12(2)23-17-16(14(4)22-23)15(9-13(3)21-17)18(25)20-10-19(11-24)7-5-6-8-19/h9,12,24H,5-8,10-11H2,1-4H3,(H,20,25). The van der Waals surface area contributed by atoms with Gasteiger partial charge >= 0.3 is 0 Å². The van der Waals surface area contributed by atoms with E-state index in [9.17, 15) is 9.90 Å². The number of fused-ring (bicyclic) bond motifs is 1. The van der Waals surface area contributed by atoms with E-state index < -0.39 is 0 Å². The van der Waals surface area contributed by atoms with E-state index in [1.165, 1.54) is 0 Å². The second-order valence-corrected chi connectivity index (χ2v) is 7.68. The van der Waals surface area contributed by atoms with Crippen molar-refractivity contribution in [3.63, 3.8) is 0 Å². The summed E-state index contributed by atoms with van der Waals surface area (Å²) in [5.74, 6) is -0.110. The molecule has 1 fully saturated rings. The molecule has 0 radical (unpaired) electrons. The molecular formula is C19H28N4O2. The van der Waals surface area contributed by atoms with Crippen LogP contribution in [0.1, 0.15) is 67.3 Å². The second-order valence-electron chi connectivity index (χ2n) is 7.68. The van der Waals surface area contributed by atoms with E-state index in [1.54, 1.807) is 0 Å². The van der Waals surface area contributed by atoms with E-state index in [1.807, 2.05) is 24.6 Å². The van der Waals surface area contributed by atoms with Crippen molar-refractivity contribution >= 4 is 16.9 Å². The summed E-state index contributed by atoms with van der Waals surface area (Å²) in [5.41, 5.74) is 2.85. The van der Waals surface area contributed by atoms with Gasteiger partial charge in [-0.15, -0.1) is 0 Å². The zero-order valence-corrected chi connectivity index (χ0v) is 15.6. The van der Waals surface area contributed by atoms with Crippen LogP contribution < -0.4 is 5.32 Å². The molecule has 2 aromatic rings. The van der Waals surface area contributed by atoms with Crippen molar-refractivity contribution in [2.45, 2.75) is 59.4 Å². The van der Waals surface area contributed by atoms with Crippen LogP contribution >= 0.6 is 0 Å². The highest BCUT2D eigenvalue weighted by atomic mass is 16.3. The number of amides is 1. The molecule has 2 aromatic heterocycles. The van der Waals surface area contributed by atoms with Crippen LogP contribution in [-0.2, 0) is 0 Å². The molecule has 1 amide bonds. The fourth-order valence-corrected chi connectivity index (χ4v) is 3.86. The lowest BCUT2D eigenvalue weighted by molar-refractivity contribution is 0.0882. The molecule has 25 heavy (non-hydrogen) atoms. The Labute approximate surface area is 148 Å². The summed E-state index contributed by atoms with van der Waals surface area (Å²) in [6.45, 7) is 8.57. The van der Waals surface area contributed by atoms with Crippen LogP contribution in [0.2, 0.25) is 0 Å². The molecule has 0 saturated heterocycles. The monoisotopic (exact) mass is 344 g/mol. The Hall–Kier alpha value is -1.95. The predicted molar refractivity (Wildman–Crippen MR) is 97.7 cm³/mol. The van der Waals surface area contributed by atoms with Gasteiger partial charge in [0.25, 0.3) is 5.91 Å². The molecule has 1 aliphatic carbocycles. The van der Waals surface area contributed by atoms with Crippen molar-refractivity contribution in [1.82, 2.24) is 20.1 Å². The maximum absolute atomic E-state index is 12.9. The number of pyridine rings is 1. The van der Waals surface area contributed by atoms with Crippen LogP contribution in [0.15, 0.2) is 6.07 Å². The largest absolute Gasteiger partial charge is 0.396 e. The first-order valence-electron chi connectivity index (χ1n) is 9.12. The molecule has 136 valence electrons. The highest BCUT2D eigenvalue weighted by Crippen LogP contribution is 2.37. The highest BCUT2D eigenvalue weighted by Gasteiger charge is 2.33. The van der Waals surface area contributed by atoms with Gasteiger partial charge in [0, 0.05) is 23.7 Å². The molecule has 0 unspecified atom stereocenters. The number of aryl methyl sites for hydroxylation is 2. The summed E-state index contributed by atoms with van der Waals surface area (Å²) in [6, 6.07) is 2.01. The van der Waals surface area contributed by atoms with E-state index >= 15 is 0 Å². The van der Waals surface area contributed by atoms with Gasteiger partial charge in [-0.05, 0) is 46.6 Å². The molecular weight excluding hydrogens is 316 g/mol. The summed E-state index contributed by atoms with van der Waals surface area (Å²) in [7, 11) is 0. The van der Waals surface area contributed by atoms with E-state index in [0.717, 1.165) is 48.1 Å². The Morgan fingerprint density at radius 2 is 2.04 bits per heavy atom. The van der Waals surface area contributed by atoms with Crippen molar-refractivity contribution in [3.05, 3.63) is 23.0 Å². The van der Waals surface area contributed by atoms with Gasteiger partial charge in [0.1, 0.15) is 0 Å². The Kier molecular flexibility index (Phi) is 4.82. The quantitative estimate of drug-likeness (QED) is 0.874. The number of hydrogen-bond donors (Lipinski definition) is 2. The molecule has 1 saturated carbocycles. The van der Waals surface area contributed by atoms with Crippen molar-refractivity contribution in [1.29, 1.82) is 0 Å². The van der Waals surface area contributed by atoms with E-state index in [2.05, 4.69) is 29.2 Å². The van der Waals surface area contributed by atoms with Crippen LogP contribution in [0.5, 0.6) is 0 Å². The van der Waals surface area contributed by atoms with Crippen LogP contribution in [0, 0.1) is 19.3 Å². The normalized spacial score (nSPS) is 16.7. The highest BCUT2D eigenvalue weighted by molar-refractivity contribution is 6.06. The van der Waals surface area contributed by atoms with Gasteiger partial charge in [0.05, 0.1) is 23.3 Å². The van der Waals surface area contributed by atoms with Gasteiger partial charge in [0.15, 0.2) is 5.65 Å². The van der Waals surface area contributed by atoms with Crippen molar-refractivity contribution < 1.29 is 9.90 Å². The van der Waals surface area contributed by atoms with Crippen molar-refractivity contribution in [2.24, 2.45) is 5.41 Å². The molecule has 0 aliphatic heterocycles. The Bertz CT molecular complexity index is 788. The van der Waals surface area contributed by atoms with Crippen molar-refractivity contribution in [2.75, 3.05) is 13.2 Å². The number of aliphatic hydroxyl groups is 1. The van der Waals surface area contributed by atoms with Crippen LogP contribution in [-0.4, -0.2) is 38.9 Å². The molecule has 0 spiro atoms. The maximum atomic E-state index is 12.9. The zero-order chi connectivity index (χ0) is 18.2. The van der Waals surface area contributed by atoms with Gasteiger partial charge in [0.2, 0.25) is 0 Å². The minimum absolute atomic E-state index is 0.110. The number of aliphatic hydroxyl groups excluding tert-OH is 1. The number of nitrogens with zero attached hydrogens (tertiary/aromatic N) is 3.